The summed E-state index contributed by atoms with van der Waals surface area (Å²) < 4.78 is 0. The molecule has 0 unspecified atom stereocenters. The molecule has 280 valence electrons. The Morgan fingerprint density at radius 1 is 0.367 bits per heavy atom. The molecule has 0 aromatic heterocycles. The molecule has 0 aliphatic carbocycles. The van der Waals surface area contributed by atoms with E-state index in [4.69, 9.17) is 9.98 Å². The minimum absolute atomic E-state index is 0. The third kappa shape index (κ3) is 19.5. The first-order valence-electron chi connectivity index (χ1n) is 21.0. The first-order valence-corrected chi connectivity index (χ1v) is 21.0. The van der Waals surface area contributed by atoms with Crippen LogP contribution in [0.5, 0.6) is 0 Å². The van der Waals surface area contributed by atoms with Crippen molar-refractivity contribution in [2.24, 2.45) is 9.98 Å². The van der Waals surface area contributed by atoms with Crippen molar-refractivity contribution in [1.29, 1.82) is 0 Å². The van der Waals surface area contributed by atoms with Crippen LogP contribution in [0.1, 0.15) is 205 Å². The van der Waals surface area contributed by atoms with Gasteiger partial charge in [0, 0.05) is 16.5 Å². The van der Waals surface area contributed by atoms with E-state index in [1.807, 2.05) is 0 Å². The Morgan fingerprint density at radius 2 is 0.673 bits per heavy atom. The second-order valence-corrected chi connectivity index (χ2v) is 14.5. The predicted molar refractivity (Wildman–Crippen MR) is 218 cm³/mol. The maximum atomic E-state index is 5.51. The average molecular weight is 716 g/mol. The van der Waals surface area contributed by atoms with Gasteiger partial charge in [0.1, 0.15) is 0 Å². The zero-order valence-corrected chi connectivity index (χ0v) is 34.0. The van der Waals surface area contributed by atoms with E-state index in [0.29, 0.717) is 0 Å². The van der Waals surface area contributed by atoms with Crippen LogP contribution in [0.25, 0.3) is 0 Å². The van der Waals surface area contributed by atoms with E-state index >= 15 is 0 Å². The van der Waals surface area contributed by atoms with Crippen LogP contribution in [0.3, 0.4) is 0 Å². The number of nitrogens with zero attached hydrogens (tertiary/aromatic N) is 2. The molecule has 0 fully saturated rings. The van der Waals surface area contributed by atoms with Crippen molar-refractivity contribution in [3.8, 4) is 0 Å². The minimum atomic E-state index is 0. The Hall–Kier alpha value is -1.73. The molecule has 0 aliphatic heterocycles. The molecule has 0 atom stereocenters. The van der Waals surface area contributed by atoms with Gasteiger partial charge in [0.2, 0.25) is 0 Å². The monoisotopic (exact) mass is 715 g/mol. The van der Waals surface area contributed by atoms with E-state index in [2.05, 4.69) is 77.9 Å². The molecule has 2 aromatic carbocycles. The molecule has 0 spiro atoms. The fourth-order valence-electron chi connectivity index (χ4n) is 6.86. The maximum absolute atomic E-state index is 5.51. The van der Waals surface area contributed by atoms with Crippen LogP contribution in [0, 0.1) is 0 Å². The third-order valence-electron chi connectivity index (χ3n) is 9.97. The van der Waals surface area contributed by atoms with E-state index in [9.17, 15) is 0 Å². The van der Waals surface area contributed by atoms with E-state index in [0.717, 1.165) is 24.2 Å². The molecule has 0 radical (unpaired) electrons. The van der Waals surface area contributed by atoms with Crippen molar-refractivity contribution in [3.05, 3.63) is 58.7 Å². The van der Waals surface area contributed by atoms with Gasteiger partial charge in [-0.05, 0) is 124 Å². The van der Waals surface area contributed by atoms with Gasteiger partial charge in [-0.3, -0.25) is 9.98 Å². The Bertz CT molecular complexity index is 1070. The maximum Gasteiger partial charge on any atom is 0.0636 e. The van der Waals surface area contributed by atoms with Crippen molar-refractivity contribution < 1.29 is 16.5 Å². The second kappa shape index (κ2) is 30.0. The number of hydrogen-bond donors (Lipinski definition) is 0. The van der Waals surface area contributed by atoms with Gasteiger partial charge in [0.05, 0.1) is 22.8 Å². The number of benzene rings is 2. The first kappa shape index (κ1) is 45.3. The van der Waals surface area contributed by atoms with Crippen molar-refractivity contribution in [1.82, 2.24) is 0 Å². The van der Waals surface area contributed by atoms with Crippen molar-refractivity contribution in [2.75, 3.05) is 0 Å². The molecule has 2 rings (SSSR count). The van der Waals surface area contributed by atoms with Crippen LogP contribution in [0.4, 0.5) is 11.4 Å². The van der Waals surface area contributed by atoms with Gasteiger partial charge in [0.15, 0.2) is 0 Å². The molecular formula is C46H76N2Ni. The number of hydrogen-bond acceptors (Lipinski definition) is 2. The SMILES string of the molecule is CCCCCCC(=Nc1ccc(CCCCC)c(CCCCC)c1)C(CCCCCC)=Nc1ccc(CCCCC)c(CCCCC)c1.[Ni]. The van der Waals surface area contributed by atoms with Gasteiger partial charge in [-0.15, -0.1) is 0 Å². The van der Waals surface area contributed by atoms with Gasteiger partial charge < -0.3 is 0 Å². The molecule has 0 bridgehead atoms. The summed E-state index contributed by atoms with van der Waals surface area (Å²) in [5, 5.41) is 0. The Balaban J connectivity index is 0.0000120. The van der Waals surface area contributed by atoms with E-state index < -0.39 is 0 Å². The summed E-state index contributed by atoms with van der Waals surface area (Å²) >= 11 is 0. The molecule has 0 saturated heterocycles. The summed E-state index contributed by atoms with van der Waals surface area (Å²) in [5.41, 5.74) is 10.9. The summed E-state index contributed by atoms with van der Waals surface area (Å²) in [6.07, 6.45) is 32.3. The molecule has 0 amide bonds. The molecular weight excluding hydrogens is 639 g/mol. The van der Waals surface area contributed by atoms with Crippen molar-refractivity contribution in [3.63, 3.8) is 0 Å². The average Bonchev–Trinajstić information content (AvgIpc) is 3.09. The largest absolute Gasteiger partial charge is 0.252 e. The molecule has 0 aliphatic rings. The third-order valence-corrected chi connectivity index (χ3v) is 9.97. The van der Waals surface area contributed by atoms with Crippen LogP contribution in [-0.2, 0) is 42.2 Å². The summed E-state index contributed by atoms with van der Waals surface area (Å²) in [6.45, 7) is 13.8. The Labute approximate surface area is 315 Å². The first-order chi connectivity index (χ1) is 23.6. The van der Waals surface area contributed by atoms with Gasteiger partial charge in [-0.25, -0.2) is 0 Å². The molecule has 3 heteroatoms. The van der Waals surface area contributed by atoms with Gasteiger partial charge in [-0.2, -0.15) is 0 Å². The molecule has 2 nitrogen and oxygen atoms in total. The molecule has 2 aromatic rings. The van der Waals surface area contributed by atoms with Crippen LogP contribution in [0.2, 0.25) is 0 Å². The number of rotatable bonds is 29. The van der Waals surface area contributed by atoms with Gasteiger partial charge in [0.25, 0.3) is 0 Å². The smallest absolute Gasteiger partial charge is 0.0636 e. The molecule has 0 N–H and O–H groups in total. The van der Waals surface area contributed by atoms with E-state index in [1.165, 1.54) is 177 Å². The van der Waals surface area contributed by atoms with Crippen LogP contribution >= 0.6 is 0 Å². The van der Waals surface area contributed by atoms with E-state index in [1.54, 1.807) is 11.1 Å². The summed E-state index contributed by atoms with van der Waals surface area (Å²) in [7, 11) is 0. The molecule has 49 heavy (non-hydrogen) atoms. The van der Waals surface area contributed by atoms with Crippen LogP contribution in [0.15, 0.2) is 46.4 Å². The van der Waals surface area contributed by atoms with Crippen molar-refractivity contribution >= 4 is 22.8 Å². The van der Waals surface area contributed by atoms with Crippen LogP contribution < -0.4 is 0 Å². The minimum Gasteiger partial charge on any atom is -0.252 e. The molecule has 0 saturated carbocycles. The van der Waals surface area contributed by atoms with Gasteiger partial charge in [-0.1, -0.05) is 144 Å². The summed E-state index contributed by atoms with van der Waals surface area (Å²) in [4.78, 5) is 11.0. The fraction of sp³-hybridized carbons (Fsp3) is 0.696. The standard InChI is InChI=1S/C46H76N2.Ni/c1-7-13-19-25-31-45(47-43-35-33-39(27-21-15-9-3)41(37-43)29-23-17-11-5)46(32-26-20-14-8-2)48-44-36-34-40(28-22-16-10-4)42(38-44)30-24-18-12-6;/h33-38H,7-32H2,1-6H3;. The molecule has 0 heterocycles. The Morgan fingerprint density at radius 3 is 1.00 bits per heavy atom. The fourth-order valence-corrected chi connectivity index (χ4v) is 6.86. The normalized spacial score (nSPS) is 12.0. The number of aryl methyl sites for hydroxylation is 4. The summed E-state index contributed by atoms with van der Waals surface area (Å²) in [5.74, 6) is 0. The van der Waals surface area contributed by atoms with Crippen molar-refractivity contribution in [2.45, 2.75) is 208 Å². The van der Waals surface area contributed by atoms with E-state index in [-0.39, 0.29) is 16.5 Å². The predicted octanol–water partition coefficient (Wildman–Crippen LogP) is 15.4. The zero-order chi connectivity index (χ0) is 34.7. The van der Waals surface area contributed by atoms with Crippen LogP contribution in [-0.4, -0.2) is 11.4 Å². The quantitative estimate of drug-likeness (QED) is 0.0455. The summed E-state index contributed by atoms with van der Waals surface area (Å²) in [6, 6.07) is 14.3. The zero-order valence-electron chi connectivity index (χ0n) is 33.1. The number of aliphatic imine (C=N–C) groups is 2. The topological polar surface area (TPSA) is 24.7 Å². The second-order valence-electron chi connectivity index (χ2n) is 14.5. The number of unbranched alkanes of at least 4 members (excludes halogenated alkanes) is 14. The van der Waals surface area contributed by atoms with Gasteiger partial charge >= 0.3 is 0 Å². The Kier molecular flexibility index (Phi) is 27.7.